The van der Waals surface area contributed by atoms with Gasteiger partial charge in [0, 0.05) is 24.0 Å². The van der Waals surface area contributed by atoms with Crippen LogP contribution in [0.1, 0.15) is 95.4 Å². The van der Waals surface area contributed by atoms with Crippen molar-refractivity contribution in [1.29, 1.82) is 0 Å². The molecule has 2 aromatic rings. The molecule has 5 saturated carbocycles. The molecule has 1 aromatic carbocycles. The third-order valence-electron chi connectivity index (χ3n) is 12.3. The molecular formula is C31H43N3. The highest BCUT2D eigenvalue weighted by Gasteiger charge is 2.86. The van der Waals surface area contributed by atoms with Gasteiger partial charge in [-0.25, -0.2) is 9.97 Å². The highest BCUT2D eigenvalue weighted by Crippen LogP contribution is 2.92. The zero-order valence-electron chi connectivity index (χ0n) is 21.4. The Morgan fingerprint density at radius 1 is 1.00 bits per heavy atom. The molecule has 8 unspecified atom stereocenters. The van der Waals surface area contributed by atoms with E-state index in [0.717, 1.165) is 52.2 Å². The van der Waals surface area contributed by atoms with Crippen LogP contribution in [-0.2, 0) is 6.42 Å². The zero-order valence-corrected chi connectivity index (χ0v) is 21.4. The summed E-state index contributed by atoms with van der Waals surface area (Å²) in [6.45, 7) is 4.52. The van der Waals surface area contributed by atoms with Crippen LogP contribution in [0.15, 0.2) is 24.4 Å². The van der Waals surface area contributed by atoms with Gasteiger partial charge in [-0.05, 0) is 130 Å². The standard InChI is InChI=1S/C31H43N3/c1-20-9-10-22-19-33-28(34-25(22)18-20)8-5-7-23-11-12-26-29(23,21(2)32)16-14-27-30-15-4-3-6-24(30)13-17-31(26,27)30/h9-10,18-19,21,23-24,26-27H,3-8,11-17,32H2,1-2H3. The fourth-order valence-electron chi connectivity index (χ4n) is 11.4. The molecule has 0 bridgehead atoms. The van der Waals surface area contributed by atoms with Gasteiger partial charge < -0.3 is 5.73 Å². The molecule has 34 heavy (non-hydrogen) atoms. The van der Waals surface area contributed by atoms with Crippen LogP contribution in [-0.4, -0.2) is 16.0 Å². The van der Waals surface area contributed by atoms with Crippen molar-refractivity contribution in [2.75, 3.05) is 0 Å². The second-order valence-electron chi connectivity index (χ2n) is 13.1. The zero-order chi connectivity index (χ0) is 23.1. The number of nitrogens with two attached hydrogens (primary N) is 1. The van der Waals surface area contributed by atoms with Gasteiger partial charge in [-0.1, -0.05) is 25.0 Å². The van der Waals surface area contributed by atoms with Gasteiger partial charge in [0.05, 0.1) is 5.52 Å². The van der Waals surface area contributed by atoms with E-state index in [-0.39, 0.29) is 0 Å². The first-order valence-corrected chi connectivity index (χ1v) is 14.5. The summed E-state index contributed by atoms with van der Waals surface area (Å²) in [4.78, 5) is 9.61. The summed E-state index contributed by atoms with van der Waals surface area (Å²) in [5, 5.41) is 1.15. The van der Waals surface area contributed by atoms with E-state index in [1.54, 1.807) is 12.8 Å². The molecule has 8 atom stereocenters. The lowest BCUT2D eigenvalue weighted by Crippen LogP contribution is -2.51. The molecule has 3 heteroatoms. The van der Waals surface area contributed by atoms with E-state index in [1.165, 1.54) is 69.8 Å². The molecule has 1 aromatic heterocycles. The summed E-state index contributed by atoms with van der Waals surface area (Å²) in [7, 11) is 0. The van der Waals surface area contributed by atoms with E-state index in [4.69, 9.17) is 15.7 Å². The number of fused-ring (bicyclic) bond motifs is 2. The van der Waals surface area contributed by atoms with Crippen LogP contribution in [0.25, 0.3) is 10.9 Å². The summed E-state index contributed by atoms with van der Waals surface area (Å²) >= 11 is 0. The number of nitrogens with zero attached hydrogens (tertiary/aromatic N) is 2. The quantitative estimate of drug-likeness (QED) is 0.526. The normalized spacial score (nSPS) is 43.1. The molecule has 5 aliphatic rings. The second kappa shape index (κ2) is 7.51. The lowest BCUT2D eigenvalue weighted by atomic mass is 9.55. The van der Waals surface area contributed by atoms with Gasteiger partial charge in [-0.15, -0.1) is 0 Å². The fraction of sp³-hybridized carbons (Fsp3) is 0.742. The van der Waals surface area contributed by atoms with Gasteiger partial charge >= 0.3 is 0 Å². The van der Waals surface area contributed by atoms with E-state index in [0.29, 0.717) is 16.9 Å². The third-order valence-corrected chi connectivity index (χ3v) is 12.3. The number of hydrogen-bond acceptors (Lipinski definition) is 3. The lowest BCUT2D eigenvalue weighted by Gasteiger charge is -2.50. The molecule has 0 radical (unpaired) electrons. The van der Waals surface area contributed by atoms with Gasteiger partial charge in [-0.2, -0.15) is 0 Å². The monoisotopic (exact) mass is 457 g/mol. The summed E-state index contributed by atoms with van der Waals surface area (Å²) in [5.41, 5.74) is 11.2. The van der Waals surface area contributed by atoms with Crippen LogP contribution < -0.4 is 5.73 Å². The SMILES string of the molecule is Cc1ccc2cnc(CCCC3CCC4C3(C(C)N)CCC3C56CCCCC5CCC436)nc2c1. The van der Waals surface area contributed by atoms with Crippen molar-refractivity contribution in [3.8, 4) is 0 Å². The molecule has 0 amide bonds. The van der Waals surface area contributed by atoms with Gasteiger partial charge in [-0.3, -0.25) is 0 Å². The highest BCUT2D eigenvalue weighted by atomic mass is 14.9. The maximum Gasteiger partial charge on any atom is 0.128 e. The van der Waals surface area contributed by atoms with Crippen molar-refractivity contribution < 1.29 is 0 Å². The van der Waals surface area contributed by atoms with Crippen LogP contribution in [0.5, 0.6) is 0 Å². The Balaban J connectivity index is 1.11. The first-order chi connectivity index (χ1) is 16.5. The molecule has 1 heterocycles. The Morgan fingerprint density at radius 2 is 1.91 bits per heavy atom. The highest BCUT2D eigenvalue weighted by molar-refractivity contribution is 5.78. The Bertz CT molecular complexity index is 1110. The van der Waals surface area contributed by atoms with E-state index in [9.17, 15) is 0 Å². The summed E-state index contributed by atoms with van der Waals surface area (Å²) in [6.07, 6.45) is 20.5. The van der Waals surface area contributed by atoms with E-state index >= 15 is 0 Å². The van der Waals surface area contributed by atoms with Gasteiger partial charge in [0.15, 0.2) is 0 Å². The maximum absolute atomic E-state index is 6.99. The smallest absolute Gasteiger partial charge is 0.128 e. The Labute approximate surface area is 205 Å². The van der Waals surface area contributed by atoms with Crippen LogP contribution in [0.4, 0.5) is 0 Å². The molecule has 2 N–H and O–H groups in total. The number of rotatable bonds is 5. The van der Waals surface area contributed by atoms with E-state index in [1.807, 2.05) is 6.20 Å². The van der Waals surface area contributed by atoms with E-state index < -0.39 is 0 Å². The predicted octanol–water partition coefficient (Wildman–Crippen LogP) is 7.00. The molecule has 0 saturated heterocycles. The van der Waals surface area contributed by atoms with Gasteiger partial charge in [0.2, 0.25) is 0 Å². The number of hydrogen-bond donors (Lipinski definition) is 1. The minimum Gasteiger partial charge on any atom is -0.327 e. The summed E-state index contributed by atoms with van der Waals surface area (Å²) in [6, 6.07) is 6.81. The van der Waals surface area contributed by atoms with Crippen LogP contribution >= 0.6 is 0 Å². The minimum atomic E-state index is 0.334. The van der Waals surface area contributed by atoms with Crippen LogP contribution in [0.2, 0.25) is 0 Å². The van der Waals surface area contributed by atoms with E-state index in [2.05, 4.69) is 32.0 Å². The fourth-order valence-corrected chi connectivity index (χ4v) is 11.4. The maximum atomic E-state index is 6.99. The van der Waals surface area contributed by atoms with Crippen LogP contribution in [0.3, 0.4) is 0 Å². The second-order valence-corrected chi connectivity index (χ2v) is 13.1. The Morgan fingerprint density at radius 3 is 2.79 bits per heavy atom. The number of aromatic nitrogens is 2. The molecule has 2 spiro atoms. The summed E-state index contributed by atoms with van der Waals surface area (Å²) < 4.78 is 0. The first kappa shape index (κ1) is 21.8. The molecule has 3 nitrogen and oxygen atoms in total. The van der Waals surface area contributed by atoms with Crippen molar-refractivity contribution in [1.82, 2.24) is 9.97 Å². The van der Waals surface area contributed by atoms with Crippen molar-refractivity contribution in [2.24, 2.45) is 45.7 Å². The lowest BCUT2D eigenvalue weighted by molar-refractivity contribution is -0.00457. The van der Waals surface area contributed by atoms with Crippen molar-refractivity contribution in [3.05, 3.63) is 35.8 Å². The Hall–Kier alpha value is -1.48. The molecule has 5 aliphatic carbocycles. The first-order valence-electron chi connectivity index (χ1n) is 14.5. The molecular weight excluding hydrogens is 414 g/mol. The molecule has 5 fully saturated rings. The van der Waals surface area contributed by atoms with Crippen LogP contribution in [0, 0.1) is 46.8 Å². The number of aryl methyl sites for hydroxylation is 2. The van der Waals surface area contributed by atoms with Gasteiger partial charge in [0.25, 0.3) is 0 Å². The molecule has 7 rings (SSSR count). The average Bonchev–Trinajstić information content (AvgIpc) is 3.10. The molecule has 0 aliphatic heterocycles. The van der Waals surface area contributed by atoms with Crippen molar-refractivity contribution in [3.63, 3.8) is 0 Å². The average molecular weight is 458 g/mol. The minimum absolute atomic E-state index is 0.334. The summed E-state index contributed by atoms with van der Waals surface area (Å²) in [5.74, 6) is 4.85. The topological polar surface area (TPSA) is 51.8 Å². The molecule has 182 valence electrons. The Kier molecular flexibility index (Phi) is 4.81. The third kappa shape index (κ3) is 2.63. The van der Waals surface area contributed by atoms with Crippen molar-refractivity contribution in [2.45, 2.75) is 103 Å². The predicted molar refractivity (Wildman–Crippen MR) is 138 cm³/mol. The van der Waals surface area contributed by atoms with Gasteiger partial charge in [0.1, 0.15) is 5.82 Å². The number of benzene rings is 1. The van der Waals surface area contributed by atoms with Crippen molar-refractivity contribution >= 4 is 10.9 Å². The largest absolute Gasteiger partial charge is 0.327 e.